The number of likely N-dealkylation sites (N-methyl/N-ethyl adjacent to an activating group) is 1. The van der Waals surface area contributed by atoms with Gasteiger partial charge in [-0.25, -0.2) is 4.79 Å². The molecule has 284 valence electrons. The van der Waals surface area contributed by atoms with Gasteiger partial charge in [-0.2, -0.15) is 0 Å². The minimum Gasteiger partial charge on any atom is -0.457 e. The Bertz CT molecular complexity index is 1340. The molecule has 5 aliphatic carbocycles. The molecule has 0 aromatic carbocycles. The fourth-order valence-electron chi connectivity index (χ4n) is 13.9. The predicted molar refractivity (Wildman–Crippen MR) is 190 cm³/mol. The quantitative estimate of drug-likeness (QED) is 0.193. The highest BCUT2D eigenvalue weighted by atomic mass is 16.6. The molecule has 0 radical (unpaired) electrons. The fraction of sp³-hybridized carbons (Fsp3) is 0.950. The number of rotatable bonds is 9. The van der Waals surface area contributed by atoms with Gasteiger partial charge in [0.1, 0.15) is 6.10 Å². The smallest absolute Gasteiger partial charge is 0.407 e. The van der Waals surface area contributed by atoms with E-state index in [-0.39, 0.29) is 45.8 Å². The zero-order valence-corrected chi connectivity index (χ0v) is 32.3. The zero-order chi connectivity index (χ0) is 36.3. The number of carbonyl (C=O) groups excluding carboxylic acids is 2. The second-order valence-corrected chi connectivity index (χ2v) is 20.1. The van der Waals surface area contributed by atoms with Crippen molar-refractivity contribution in [1.29, 1.82) is 0 Å². The van der Waals surface area contributed by atoms with Gasteiger partial charge in [-0.05, 0) is 106 Å². The number of esters is 1. The van der Waals surface area contributed by atoms with Gasteiger partial charge in [0.25, 0.3) is 0 Å². The largest absolute Gasteiger partial charge is 0.457 e. The number of alkyl carbamates (subject to hydrolysis) is 1. The molecule has 5 saturated carbocycles. The number of quaternary nitrogens is 1. The average Bonchev–Trinajstić information content (AvgIpc) is 3.65. The molecular formula is C40H68N3O7+. The summed E-state index contributed by atoms with van der Waals surface area (Å²) in [5, 5.41) is 26.6. The van der Waals surface area contributed by atoms with Crippen molar-refractivity contribution in [2.75, 3.05) is 26.7 Å². The normalized spacial score (nSPS) is 48.3. The maximum absolute atomic E-state index is 13.4. The van der Waals surface area contributed by atoms with Gasteiger partial charge in [-0.15, -0.1) is 0 Å². The van der Waals surface area contributed by atoms with Crippen molar-refractivity contribution in [2.24, 2.45) is 45.1 Å². The number of piperidine rings is 3. The topological polar surface area (TPSA) is 140 Å². The summed E-state index contributed by atoms with van der Waals surface area (Å²) in [5.74, 6) is 0.714. The number of aliphatic hydroxyl groups is 2. The lowest BCUT2D eigenvalue weighted by atomic mass is 9.44. The van der Waals surface area contributed by atoms with E-state index >= 15 is 0 Å². The summed E-state index contributed by atoms with van der Waals surface area (Å²) < 4.78 is 19.8. The van der Waals surface area contributed by atoms with Crippen molar-refractivity contribution < 1.29 is 38.5 Å². The third-order valence-electron chi connectivity index (χ3n) is 16.5. The van der Waals surface area contributed by atoms with Gasteiger partial charge in [0.15, 0.2) is 6.10 Å². The number of hydrogen-bond acceptors (Lipinski definition) is 8. The van der Waals surface area contributed by atoms with E-state index < -0.39 is 41.5 Å². The third kappa shape index (κ3) is 5.41. The van der Waals surface area contributed by atoms with E-state index in [1.165, 1.54) is 32.9 Å². The summed E-state index contributed by atoms with van der Waals surface area (Å²) >= 11 is 0. The van der Waals surface area contributed by atoms with Crippen molar-refractivity contribution in [1.82, 2.24) is 5.32 Å². The van der Waals surface area contributed by atoms with Gasteiger partial charge < -0.3 is 40.0 Å². The maximum atomic E-state index is 13.4. The summed E-state index contributed by atoms with van der Waals surface area (Å²) in [4.78, 5) is 25.5. The molecule has 0 aromatic rings. The Balaban J connectivity index is 1.07. The molecule has 0 aromatic heterocycles. The van der Waals surface area contributed by atoms with Crippen molar-refractivity contribution >= 4 is 12.1 Å². The molecule has 3 aliphatic heterocycles. The van der Waals surface area contributed by atoms with Gasteiger partial charge in [-0.1, -0.05) is 34.1 Å². The van der Waals surface area contributed by atoms with Gasteiger partial charge in [-0.3, -0.25) is 4.79 Å². The Kier molecular flexibility index (Phi) is 8.87. The minimum absolute atomic E-state index is 0.0788. The number of nitrogens with zero attached hydrogens (tertiary/aromatic N) is 1. The van der Waals surface area contributed by atoms with Crippen LogP contribution < -0.4 is 11.1 Å². The number of nitrogens with two attached hydrogens (primary N) is 1. The standard InChI is InChI=1S/C40H67N3O7/c1-9-10-27(33(36(5,6)47)48-24(2)44)49-28-21-37(7)17-18-39-23-38(39)16-13-31(35(3,4)29(38)11-12-30(39)40(37,41)32(28)45)50-34(46)42-26-22-43(8)19-14-25(26)15-20-43/h25-33,45,47H,9-23,41H2,1-8H3/p+1. The maximum Gasteiger partial charge on any atom is 0.407 e. The number of aliphatic hydroxyl groups excluding tert-OH is 1. The van der Waals surface area contributed by atoms with Crippen molar-refractivity contribution in [3.8, 4) is 0 Å². The molecule has 2 bridgehead atoms. The molecule has 50 heavy (non-hydrogen) atoms. The SMILES string of the molecule is CCCC(OC1CC2(C)CCC34CC35CCC(OC(=O)NC3C[N+]6(C)CCC3CC6)C(C)(C)C5CCC4C2(N)C1O)C(OC(C)=O)C(C)(C)O. The molecule has 8 aliphatic rings. The van der Waals surface area contributed by atoms with Gasteiger partial charge >= 0.3 is 12.1 Å². The third-order valence-corrected chi connectivity index (χ3v) is 16.5. The minimum atomic E-state index is -1.31. The molecule has 8 fully saturated rings. The fourth-order valence-corrected chi connectivity index (χ4v) is 13.9. The summed E-state index contributed by atoms with van der Waals surface area (Å²) in [6, 6.07) is 0.207. The number of carbonyl (C=O) groups is 2. The van der Waals surface area contributed by atoms with E-state index in [1.54, 1.807) is 13.8 Å². The summed E-state index contributed by atoms with van der Waals surface area (Å²) in [7, 11) is 2.32. The number of nitrogens with one attached hydrogen (secondary N) is 1. The predicted octanol–water partition coefficient (Wildman–Crippen LogP) is 5.06. The first-order chi connectivity index (χ1) is 23.3. The monoisotopic (exact) mass is 703 g/mol. The molecule has 8 rings (SSSR count). The van der Waals surface area contributed by atoms with Crippen LogP contribution in [0.1, 0.15) is 126 Å². The molecular weight excluding hydrogens is 634 g/mol. The van der Waals surface area contributed by atoms with Crippen LogP contribution in [0.25, 0.3) is 0 Å². The zero-order valence-electron chi connectivity index (χ0n) is 32.3. The molecule has 5 N–H and O–H groups in total. The van der Waals surface area contributed by atoms with Gasteiger partial charge in [0.05, 0.1) is 62.2 Å². The van der Waals surface area contributed by atoms with Gasteiger partial charge in [0, 0.05) is 25.2 Å². The van der Waals surface area contributed by atoms with E-state index in [4.69, 9.17) is 19.9 Å². The molecule has 10 heteroatoms. The molecule has 12 atom stereocenters. The molecule has 3 saturated heterocycles. The number of hydrogen-bond donors (Lipinski definition) is 4. The first-order valence-corrected chi connectivity index (χ1v) is 20.1. The first kappa shape index (κ1) is 36.9. The van der Waals surface area contributed by atoms with E-state index in [9.17, 15) is 19.8 Å². The average molecular weight is 703 g/mol. The molecule has 10 nitrogen and oxygen atoms in total. The molecule has 3 heterocycles. The van der Waals surface area contributed by atoms with E-state index in [0.717, 1.165) is 62.4 Å². The Morgan fingerprint density at radius 2 is 1.68 bits per heavy atom. The van der Waals surface area contributed by atoms with Crippen LogP contribution in [-0.4, -0.2) is 101 Å². The van der Waals surface area contributed by atoms with Gasteiger partial charge in [0.2, 0.25) is 0 Å². The Hall–Kier alpha value is -1.46. The van der Waals surface area contributed by atoms with Crippen LogP contribution in [0.3, 0.4) is 0 Å². The van der Waals surface area contributed by atoms with Crippen molar-refractivity contribution in [2.45, 2.75) is 173 Å². The lowest BCUT2D eigenvalue weighted by Gasteiger charge is -2.62. The summed E-state index contributed by atoms with van der Waals surface area (Å²) in [5.41, 5.74) is 5.32. The highest BCUT2D eigenvalue weighted by Crippen LogP contribution is 2.87. The Labute approximate surface area is 300 Å². The lowest BCUT2D eigenvalue weighted by Crippen LogP contribution is -2.69. The molecule has 2 spiro atoms. The van der Waals surface area contributed by atoms with Crippen molar-refractivity contribution in [3.05, 3.63) is 0 Å². The Morgan fingerprint density at radius 1 is 1.02 bits per heavy atom. The Morgan fingerprint density at radius 3 is 2.30 bits per heavy atom. The molecule has 12 unspecified atom stereocenters. The summed E-state index contributed by atoms with van der Waals surface area (Å²) in [6.07, 6.45) is 8.27. The van der Waals surface area contributed by atoms with Crippen LogP contribution in [0.15, 0.2) is 0 Å². The van der Waals surface area contributed by atoms with Crippen LogP contribution in [0.2, 0.25) is 0 Å². The second-order valence-electron chi connectivity index (χ2n) is 20.1. The van der Waals surface area contributed by atoms with Crippen LogP contribution >= 0.6 is 0 Å². The van der Waals surface area contributed by atoms with Crippen LogP contribution in [-0.2, 0) is 19.0 Å². The van der Waals surface area contributed by atoms with Crippen LogP contribution in [0.4, 0.5) is 4.79 Å². The second kappa shape index (κ2) is 12.0. The van der Waals surface area contributed by atoms with Crippen LogP contribution in [0, 0.1) is 39.4 Å². The highest BCUT2D eigenvalue weighted by molar-refractivity contribution is 5.68. The number of ether oxygens (including phenoxy) is 3. The van der Waals surface area contributed by atoms with Crippen molar-refractivity contribution in [3.63, 3.8) is 0 Å². The number of fused-ring (bicyclic) bond motifs is 5. The number of amides is 1. The first-order valence-electron chi connectivity index (χ1n) is 20.1. The highest BCUT2D eigenvalue weighted by Gasteiger charge is 2.83. The molecule has 1 amide bonds. The summed E-state index contributed by atoms with van der Waals surface area (Å²) in [6.45, 7) is 17.0. The van der Waals surface area contributed by atoms with E-state index in [2.05, 4.69) is 33.1 Å². The van der Waals surface area contributed by atoms with E-state index in [0.29, 0.717) is 24.7 Å². The lowest BCUT2D eigenvalue weighted by molar-refractivity contribution is -0.925. The van der Waals surface area contributed by atoms with Crippen LogP contribution in [0.5, 0.6) is 0 Å². The van der Waals surface area contributed by atoms with E-state index in [1.807, 2.05) is 6.92 Å².